The summed E-state index contributed by atoms with van der Waals surface area (Å²) in [5.74, 6) is 1.13. The van der Waals surface area contributed by atoms with Gasteiger partial charge in [0.2, 0.25) is 0 Å². The Morgan fingerprint density at radius 3 is 2.32 bits per heavy atom. The summed E-state index contributed by atoms with van der Waals surface area (Å²) >= 11 is 0. The number of Topliss-reactive ketones (excluding diaryl/α,β-unsaturated/α-hetero) is 2. The van der Waals surface area contributed by atoms with E-state index in [0.29, 0.717) is 6.42 Å². The van der Waals surface area contributed by atoms with Crippen molar-refractivity contribution in [2.24, 2.45) is 5.92 Å². The van der Waals surface area contributed by atoms with Gasteiger partial charge in [0.1, 0.15) is 11.5 Å². The first-order valence-electron chi connectivity index (χ1n) is 6.72. The minimum absolute atomic E-state index is 0.000327. The third kappa shape index (κ3) is 5.25. The molecule has 0 fully saturated rings. The molecule has 0 aromatic heterocycles. The monoisotopic (exact) mass is 262 g/mol. The van der Waals surface area contributed by atoms with Crippen LogP contribution in [-0.4, -0.2) is 18.7 Å². The molecule has 19 heavy (non-hydrogen) atoms. The van der Waals surface area contributed by atoms with Gasteiger partial charge < -0.3 is 9.53 Å². The molecule has 0 aliphatic rings. The highest BCUT2D eigenvalue weighted by Crippen LogP contribution is 2.18. The van der Waals surface area contributed by atoms with Crippen molar-refractivity contribution in [3.8, 4) is 5.75 Å². The molecule has 0 spiro atoms. The lowest BCUT2D eigenvalue weighted by Crippen LogP contribution is -2.11. The van der Waals surface area contributed by atoms with Crippen LogP contribution in [0.15, 0.2) is 24.3 Å². The molecule has 0 amide bonds. The number of unbranched alkanes of at least 4 members (excludes halogenated alkanes) is 1. The summed E-state index contributed by atoms with van der Waals surface area (Å²) in [6, 6.07) is 7.20. The van der Waals surface area contributed by atoms with E-state index in [1.807, 2.05) is 6.92 Å². The highest BCUT2D eigenvalue weighted by Gasteiger charge is 2.14. The second-order valence-corrected chi connectivity index (χ2v) is 4.94. The molecule has 0 saturated carbocycles. The van der Waals surface area contributed by atoms with Crippen molar-refractivity contribution in [3.05, 3.63) is 29.8 Å². The number of ether oxygens (including phenoxy) is 1. The van der Waals surface area contributed by atoms with E-state index in [1.165, 1.54) is 0 Å². The van der Waals surface area contributed by atoms with Crippen LogP contribution >= 0.6 is 0 Å². The number of methoxy groups -OCH3 is 1. The Morgan fingerprint density at radius 2 is 1.79 bits per heavy atom. The standard InChI is InChI=1S/C16H22O3/c1-12(6-4-5-7-13(2)17)16(18)14-8-10-15(19-3)11-9-14/h8-12H,4-7H2,1-3H3. The Labute approximate surface area is 115 Å². The predicted octanol–water partition coefficient (Wildman–Crippen LogP) is 3.66. The third-order valence-electron chi connectivity index (χ3n) is 3.24. The van der Waals surface area contributed by atoms with Gasteiger partial charge in [0.25, 0.3) is 0 Å². The van der Waals surface area contributed by atoms with Crippen molar-refractivity contribution in [2.75, 3.05) is 7.11 Å². The molecule has 1 aromatic carbocycles. The minimum Gasteiger partial charge on any atom is -0.497 e. The van der Waals surface area contributed by atoms with Gasteiger partial charge in [-0.15, -0.1) is 0 Å². The molecule has 0 radical (unpaired) electrons. The van der Waals surface area contributed by atoms with Gasteiger partial charge in [0.15, 0.2) is 5.78 Å². The first-order valence-corrected chi connectivity index (χ1v) is 6.72. The van der Waals surface area contributed by atoms with E-state index in [2.05, 4.69) is 0 Å². The van der Waals surface area contributed by atoms with E-state index in [4.69, 9.17) is 4.74 Å². The Morgan fingerprint density at radius 1 is 1.16 bits per heavy atom. The zero-order chi connectivity index (χ0) is 14.3. The van der Waals surface area contributed by atoms with Crippen LogP contribution in [-0.2, 0) is 4.79 Å². The number of hydrogen-bond acceptors (Lipinski definition) is 3. The Hall–Kier alpha value is -1.64. The van der Waals surface area contributed by atoms with E-state index in [1.54, 1.807) is 38.3 Å². The van der Waals surface area contributed by atoms with Crippen molar-refractivity contribution in [3.63, 3.8) is 0 Å². The molecular weight excluding hydrogens is 240 g/mol. The number of ketones is 2. The van der Waals surface area contributed by atoms with E-state index in [0.717, 1.165) is 30.6 Å². The molecular formula is C16H22O3. The van der Waals surface area contributed by atoms with Crippen molar-refractivity contribution in [1.82, 2.24) is 0 Å². The molecule has 0 bridgehead atoms. The third-order valence-corrected chi connectivity index (χ3v) is 3.24. The van der Waals surface area contributed by atoms with Crippen LogP contribution in [0.3, 0.4) is 0 Å². The lowest BCUT2D eigenvalue weighted by molar-refractivity contribution is -0.117. The molecule has 3 nitrogen and oxygen atoms in total. The summed E-state index contributed by atoms with van der Waals surface area (Å²) in [7, 11) is 1.61. The van der Waals surface area contributed by atoms with Crippen LogP contribution < -0.4 is 4.74 Å². The average molecular weight is 262 g/mol. The smallest absolute Gasteiger partial charge is 0.165 e. The van der Waals surface area contributed by atoms with Crippen molar-refractivity contribution in [2.45, 2.75) is 39.5 Å². The zero-order valence-corrected chi connectivity index (χ0v) is 11.9. The number of carbonyl (C=O) groups is 2. The van der Waals surface area contributed by atoms with Crippen molar-refractivity contribution >= 4 is 11.6 Å². The van der Waals surface area contributed by atoms with E-state index >= 15 is 0 Å². The fourth-order valence-corrected chi connectivity index (χ4v) is 2.00. The summed E-state index contributed by atoms with van der Waals surface area (Å²) in [6.07, 6.45) is 3.24. The van der Waals surface area contributed by atoms with Crippen LogP contribution in [0.2, 0.25) is 0 Å². The maximum absolute atomic E-state index is 12.2. The van der Waals surface area contributed by atoms with Gasteiger partial charge in [-0.25, -0.2) is 0 Å². The van der Waals surface area contributed by atoms with Gasteiger partial charge in [0.05, 0.1) is 7.11 Å². The summed E-state index contributed by atoms with van der Waals surface area (Å²) < 4.78 is 5.07. The van der Waals surface area contributed by atoms with Gasteiger partial charge >= 0.3 is 0 Å². The van der Waals surface area contributed by atoms with Crippen LogP contribution in [0.5, 0.6) is 5.75 Å². The largest absolute Gasteiger partial charge is 0.497 e. The molecule has 0 heterocycles. The van der Waals surface area contributed by atoms with Crippen LogP contribution in [0.1, 0.15) is 49.9 Å². The molecule has 1 aromatic rings. The molecule has 1 atom stereocenters. The Kier molecular flexibility index (Phi) is 6.26. The molecule has 1 rings (SSSR count). The van der Waals surface area contributed by atoms with E-state index in [9.17, 15) is 9.59 Å². The predicted molar refractivity (Wildman–Crippen MR) is 75.6 cm³/mol. The number of hydrogen-bond donors (Lipinski definition) is 0. The summed E-state index contributed by atoms with van der Waals surface area (Å²) in [5.41, 5.74) is 0.722. The average Bonchev–Trinajstić information content (AvgIpc) is 2.42. The van der Waals surface area contributed by atoms with Crippen molar-refractivity contribution < 1.29 is 14.3 Å². The van der Waals surface area contributed by atoms with Gasteiger partial charge in [-0.1, -0.05) is 13.3 Å². The van der Waals surface area contributed by atoms with Crippen LogP contribution in [0.25, 0.3) is 0 Å². The Balaban J connectivity index is 2.44. The maximum Gasteiger partial charge on any atom is 0.165 e. The van der Waals surface area contributed by atoms with Gasteiger partial charge in [-0.3, -0.25) is 4.79 Å². The van der Waals surface area contributed by atoms with Gasteiger partial charge in [-0.05, 0) is 44.0 Å². The highest BCUT2D eigenvalue weighted by molar-refractivity contribution is 5.97. The minimum atomic E-state index is 0.000327. The fourth-order valence-electron chi connectivity index (χ4n) is 2.00. The topological polar surface area (TPSA) is 43.4 Å². The number of rotatable bonds is 8. The maximum atomic E-state index is 12.2. The summed E-state index contributed by atoms with van der Waals surface area (Å²) in [6.45, 7) is 3.55. The first kappa shape index (κ1) is 15.4. The second kappa shape index (κ2) is 7.72. The number of benzene rings is 1. The zero-order valence-electron chi connectivity index (χ0n) is 11.9. The van der Waals surface area contributed by atoms with Crippen LogP contribution in [0.4, 0.5) is 0 Å². The highest BCUT2D eigenvalue weighted by atomic mass is 16.5. The molecule has 0 aliphatic heterocycles. The SMILES string of the molecule is COc1ccc(C(=O)C(C)CCCCC(C)=O)cc1. The molecule has 3 heteroatoms. The van der Waals surface area contributed by atoms with Crippen molar-refractivity contribution in [1.29, 1.82) is 0 Å². The first-order chi connectivity index (χ1) is 9.04. The summed E-state index contributed by atoms with van der Waals surface area (Å²) in [4.78, 5) is 23.0. The molecule has 0 aliphatic carbocycles. The quantitative estimate of drug-likeness (QED) is 0.530. The van der Waals surface area contributed by atoms with Crippen LogP contribution in [0, 0.1) is 5.92 Å². The fraction of sp³-hybridized carbons (Fsp3) is 0.500. The lowest BCUT2D eigenvalue weighted by atomic mass is 9.94. The molecule has 1 unspecified atom stereocenters. The van der Waals surface area contributed by atoms with Gasteiger partial charge in [-0.2, -0.15) is 0 Å². The lowest BCUT2D eigenvalue weighted by Gasteiger charge is -2.10. The number of carbonyl (C=O) groups excluding carboxylic acids is 2. The Bertz CT molecular complexity index is 420. The second-order valence-electron chi connectivity index (χ2n) is 4.94. The molecule has 104 valence electrons. The molecule has 0 saturated heterocycles. The van der Waals surface area contributed by atoms with E-state index < -0.39 is 0 Å². The summed E-state index contributed by atoms with van der Waals surface area (Å²) in [5, 5.41) is 0. The van der Waals surface area contributed by atoms with E-state index in [-0.39, 0.29) is 17.5 Å². The molecule has 0 N–H and O–H groups in total. The van der Waals surface area contributed by atoms with Gasteiger partial charge in [0, 0.05) is 17.9 Å². The normalized spacial score (nSPS) is 11.9.